The second-order valence-corrected chi connectivity index (χ2v) is 3.61. The van der Waals surface area contributed by atoms with Gasteiger partial charge in [0, 0.05) is 6.04 Å². The highest BCUT2D eigenvalue weighted by molar-refractivity contribution is 5.92. The quantitative estimate of drug-likeness (QED) is 0.401. The number of carbonyl (C=O) groups is 1. The fraction of sp³-hybridized carbons (Fsp3) is 0.700. The number of hydrogen-bond acceptors (Lipinski definition) is 3. The molecule has 1 amide bonds. The zero-order valence-corrected chi connectivity index (χ0v) is 9.39. The van der Waals surface area contributed by atoms with Crippen LogP contribution in [0.3, 0.4) is 0 Å². The molecule has 0 heterocycles. The zero-order valence-electron chi connectivity index (χ0n) is 9.39. The number of nitrogens with two attached hydrogens (primary N) is 1. The second kappa shape index (κ2) is 6.43. The average molecular weight is 200 g/mol. The molecule has 0 atom stereocenters. The van der Waals surface area contributed by atoms with Crippen LogP contribution in [0.2, 0.25) is 0 Å². The Morgan fingerprint density at radius 1 is 1.50 bits per heavy atom. The molecule has 0 aliphatic carbocycles. The first kappa shape index (κ1) is 13.0. The predicted molar refractivity (Wildman–Crippen MR) is 56.2 cm³/mol. The van der Waals surface area contributed by atoms with Crippen molar-refractivity contribution in [1.29, 1.82) is 0 Å². The molecule has 82 valence electrons. The topological polar surface area (TPSA) is 64.3 Å². The highest BCUT2D eigenvalue weighted by Gasteiger charge is 2.14. The third-order valence-electron chi connectivity index (χ3n) is 1.76. The van der Waals surface area contributed by atoms with Gasteiger partial charge in [-0.05, 0) is 32.8 Å². The van der Waals surface area contributed by atoms with Gasteiger partial charge in [-0.3, -0.25) is 4.79 Å². The Bertz CT molecular complexity index is 222. The number of hydrogen-bond donors (Lipinski definition) is 2. The van der Waals surface area contributed by atoms with Gasteiger partial charge < -0.3 is 10.2 Å². The molecule has 0 unspecified atom stereocenters. The molecule has 0 fully saturated rings. The van der Waals surface area contributed by atoms with Crippen molar-refractivity contribution in [3.05, 3.63) is 11.3 Å². The fourth-order valence-electron chi connectivity index (χ4n) is 1.16. The molecular formula is C10H20N2O2. The summed E-state index contributed by atoms with van der Waals surface area (Å²) in [7, 11) is 0. The second-order valence-electron chi connectivity index (χ2n) is 3.61. The molecule has 0 rings (SSSR count). The van der Waals surface area contributed by atoms with Crippen molar-refractivity contribution in [3.8, 4) is 0 Å². The van der Waals surface area contributed by atoms with E-state index in [0.717, 1.165) is 18.4 Å². The summed E-state index contributed by atoms with van der Waals surface area (Å²) in [5, 5.41) is 2.73. The minimum atomic E-state index is -0.242. The Kier molecular flexibility index (Phi) is 5.95. The van der Waals surface area contributed by atoms with E-state index in [-0.39, 0.29) is 17.7 Å². The monoisotopic (exact) mass is 200 g/mol. The van der Waals surface area contributed by atoms with Gasteiger partial charge in [0.25, 0.3) is 5.91 Å². The van der Waals surface area contributed by atoms with Gasteiger partial charge in [0.15, 0.2) is 0 Å². The molecule has 14 heavy (non-hydrogen) atoms. The van der Waals surface area contributed by atoms with Crippen LogP contribution in [-0.2, 0) is 9.63 Å². The average Bonchev–Trinajstić information content (AvgIpc) is 2.04. The van der Waals surface area contributed by atoms with Gasteiger partial charge >= 0.3 is 0 Å². The first-order valence-corrected chi connectivity index (χ1v) is 4.90. The van der Waals surface area contributed by atoms with Gasteiger partial charge in [0.2, 0.25) is 5.76 Å². The fourth-order valence-corrected chi connectivity index (χ4v) is 1.16. The van der Waals surface area contributed by atoms with Crippen LogP contribution in [0.1, 0.15) is 40.5 Å². The number of nitrogens with one attached hydrogen (secondary N) is 1. The largest absolute Gasteiger partial charge is 0.406 e. The van der Waals surface area contributed by atoms with Crippen molar-refractivity contribution in [2.75, 3.05) is 0 Å². The maximum absolute atomic E-state index is 11.5. The Labute approximate surface area is 85.5 Å². The van der Waals surface area contributed by atoms with Gasteiger partial charge in [-0.1, -0.05) is 13.3 Å². The summed E-state index contributed by atoms with van der Waals surface area (Å²) in [6, 6.07) is 0.0853. The van der Waals surface area contributed by atoms with E-state index in [1.54, 1.807) is 0 Å². The van der Waals surface area contributed by atoms with Crippen molar-refractivity contribution in [3.63, 3.8) is 0 Å². The molecule has 3 N–H and O–H groups in total. The lowest BCUT2D eigenvalue weighted by Gasteiger charge is -2.12. The molecule has 0 aromatic heterocycles. The van der Waals surface area contributed by atoms with Crippen molar-refractivity contribution in [2.24, 2.45) is 5.90 Å². The summed E-state index contributed by atoms with van der Waals surface area (Å²) in [5.41, 5.74) is 0.883. The van der Waals surface area contributed by atoms with Gasteiger partial charge in [-0.25, -0.2) is 0 Å². The minimum Gasteiger partial charge on any atom is -0.406 e. The lowest BCUT2D eigenvalue weighted by molar-refractivity contribution is -0.121. The molecule has 4 nitrogen and oxygen atoms in total. The normalized spacial score (nSPS) is 12.4. The lowest BCUT2D eigenvalue weighted by Crippen LogP contribution is -2.33. The number of rotatable bonds is 5. The number of allylic oxidation sites excluding steroid dienone is 1. The molecule has 0 aliphatic heterocycles. The molecular weight excluding hydrogens is 180 g/mol. The van der Waals surface area contributed by atoms with E-state index < -0.39 is 0 Å². The van der Waals surface area contributed by atoms with Gasteiger partial charge in [0.05, 0.1) is 0 Å². The van der Waals surface area contributed by atoms with Crippen LogP contribution in [0.5, 0.6) is 0 Å². The maximum Gasteiger partial charge on any atom is 0.289 e. The highest BCUT2D eigenvalue weighted by Crippen LogP contribution is 2.10. The van der Waals surface area contributed by atoms with Crippen LogP contribution in [0.4, 0.5) is 0 Å². The van der Waals surface area contributed by atoms with Crippen LogP contribution in [0.25, 0.3) is 0 Å². The standard InChI is InChI=1S/C10H20N2O2/c1-5-6-8(4)9(14-11)10(13)12-7(2)3/h7H,5-6,11H2,1-4H3,(H,12,13)/b9-8-. The summed E-state index contributed by atoms with van der Waals surface area (Å²) in [5.74, 6) is 5.06. The first-order valence-electron chi connectivity index (χ1n) is 4.90. The smallest absolute Gasteiger partial charge is 0.289 e. The van der Waals surface area contributed by atoms with E-state index in [0.29, 0.717) is 0 Å². The van der Waals surface area contributed by atoms with E-state index in [1.165, 1.54) is 0 Å². The van der Waals surface area contributed by atoms with E-state index in [9.17, 15) is 4.79 Å². The third-order valence-corrected chi connectivity index (χ3v) is 1.76. The Hall–Kier alpha value is -1.03. The van der Waals surface area contributed by atoms with Crippen LogP contribution >= 0.6 is 0 Å². The summed E-state index contributed by atoms with van der Waals surface area (Å²) in [6.45, 7) is 7.67. The third kappa shape index (κ3) is 4.28. The summed E-state index contributed by atoms with van der Waals surface area (Å²) in [4.78, 5) is 16.1. The van der Waals surface area contributed by atoms with Gasteiger partial charge in [0.1, 0.15) is 0 Å². The van der Waals surface area contributed by atoms with Crippen LogP contribution in [0.15, 0.2) is 11.3 Å². The number of amides is 1. The first-order chi connectivity index (χ1) is 6.52. The van der Waals surface area contributed by atoms with Crippen molar-refractivity contribution in [1.82, 2.24) is 5.32 Å². The van der Waals surface area contributed by atoms with E-state index in [2.05, 4.69) is 10.2 Å². The van der Waals surface area contributed by atoms with Crippen LogP contribution < -0.4 is 11.2 Å². The predicted octanol–water partition coefficient (Wildman–Crippen LogP) is 1.48. The SMILES string of the molecule is CCC/C(C)=C(\ON)C(=O)NC(C)C. The van der Waals surface area contributed by atoms with Crippen molar-refractivity contribution < 1.29 is 9.63 Å². The molecule has 4 heteroatoms. The Morgan fingerprint density at radius 3 is 2.43 bits per heavy atom. The maximum atomic E-state index is 11.5. The number of carbonyl (C=O) groups excluding carboxylic acids is 1. The summed E-state index contributed by atoms with van der Waals surface area (Å²) < 4.78 is 0. The lowest BCUT2D eigenvalue weighted by atomic mass is 10.1. The Balaban J connectivity index is 4.53. The molecule has 0 saturated carbocycles. The van der Waals surface area contributed by atoms with Crippen LogP contribution in [0, 0.1) is 0 Å². The zero-order chi connectivity index (χ0) is 11.1. The van der Waals surface area contributed by atoms with Crippen molar-refractivity contribution in [2.45, 2.75) is 46.6 Å². The minimum absolute atomic E-state index is 0.0853. The van der Waals surface area contributed by atoms with E-state index >= 15 is 0 Å². The summed E-state index contributed by atoms with van der Waals surface area (Å²) in [6.07, 6.45) is 1.78. The van der Waals surface area contributed by atoms with Gasteiger partial charge in [-0.15, -0.1) is 0 Å². The summed E-state index contributed by atoms with van der Waals surface area (Å²) >= 11 is 0. The van der Waals surface area contributed by atoms with E-state index in [4.69, 9.17) is 5.90 Å². The molecule has 0 aromatic rings. The molecule has 0 aromatic carbocycles. The Morgan fingerprint density at radius 2 is 2.07 bits per heavy atom. The molecule has 0 aliphatic rings. The van der Waals surface area contributed by atoms with Gasteiger partial charge in [-0.2, -0.15) is 5.90 Å². The van der Waals surface area contributed by atoms with E-state index in [1.807, 2.05) is 27.7 Å². The van der Waals surface area contributed by atoms with Crippen molar-refractivity contribution >= 4 is 5.91 Å². The van der Waals surface area contributed by atoms with Crippen LogP contribution in [-0.4, -0.2) is 11.9 Å². The molecule has 0 saturated heterocycles. The molecule has 0 bridgehead atoms. The molecule has 0 spiro atoms. The highest BCUT2D eigenvalue weighted by atomic mass is 16.6. The molecule has 0 radical (unpaired) electrons.